The van der Waals surface area contributed by atoms with Crippen LogP contribution in [0, 0.1) is 0 Å². The molecule has 1 heterocycles. The second kappa shape index (κ2) is 6.31. The molecular weight excluding hydrogens is 323 g/mol. The van der Waals surface area contributed by atoms with Crippen LogP contribution in [-0.2, 0) is 4.79 Å². The van der Waals surface area contributed by atoms with Gasteiger partial charge in [-0.2, -0.15) is 0 Å². The molecule has 20 heavy (non-hydrogen) atoms. The van der Waals surface area contributed by atoms with Gasteiger partial charge in [-0.05, 0) is 12.1 Å². The van der Waals surface area contributed by atoms with Crippen molar-refractivity contribution in [3.63, 3.8) is 0 Å². The van der Waals surface area contributed by atoms with Crippen molar-refractivity contribution >= 4 is 46.8 Å². The fraction of sp³-hybridized carbons (Fsp3) is 0.0769. The third-order valence-corrected chi connectivity index (χ3v) is 3.40. The summed E-state index contributed by atoms with van der Waals surface area (Å²) in [5, 5.41) is 2.57. The molecule has 1 aromatic carbocycles. The number of carbonyl (C=O) groups is 2. The van der Waals surface area contributed by atoms with Gasteiger partial charge in [0.1, 0.15) is 0 Å². The lowest BCUT2D eigenvalue weighted by atomic mass is 10.1. The van der Waals surface area contributed by atoms with Crippen LogP contribution >= 0.6 is 35.0 Å². The zero-order valence-corrected chi connectivity index (χ0v) is 12.3. The van der Waals surface area contributed by atoms with Crippen LogP contribution in [0.5, 0.6) is 0 Å². The van der Waals surface area contributed by atoms with Crippen LogP contribution in [0.4, 0.5) is 0 Å². The van der Waals surface area contributed by atoms with E-state index in [0.717, 1.165) is 0 Å². The minimum Gasteiger partial charge on any atom is -0.288 e. The summed E-state index contributed by atoms with van der Waals surface area (Å²) >= 11 is 17.6. The highest BCUT2D eigenvalue weighted by Gasteiger charge is 2.19. The van der Waals surface area contributed by atoms with Gasteiger partial charge in [0.05, 0.1) is 27.7 Å². The maximum absolute atomic E-state index is 12.0. The standard InChI is InChI=1S/C13H9Cl3N2O2/c14-9-4-1-5-10(15)11(9)13(20)17-12(19)8-3-2-6-18(16)7-8/h1-5,7H,6H2,(H,17,19,20). The van der Waals surface area contributed by atoms with E-state index >= 15 is 0 Å². The Morgan fingerprint density at radius 2 is 1.80 bits per heavy atom. The zero-order chi connectivity index (χ0) is 14.7. The van der Waals surface area contributed by atoms with Crippen molar-refractivity contribution in [3.05, 3.63) is 57.7 Å². The van der Waals surface area contributed by atoms with E-state index < -0.39 is 11.8 Å². The summed E-state index contributed by atoms with van der Waals surface area (Å²) in [7, 11) is 0. The average Bonchev–Trinajstić information content (AvgIpc) is 2.38. The van der Waals surface area contributed by atoms with Crippen molar-refractivity contribution in [3.8, 4) is 0 Å². The maximum atomic E-state index is 12.0. The summed E-state index contributed by atoms with van der Waals surface area (Å²) in [6, 6.07) is 4.65. The minimum absolute atomic E-state index is 0.0623. The molecule has 0 aromatic heterocycles. The van der Waals surface area contributed by atoms with Crippen LogP contribution in [0.25, 0.3) is 0 Å². The number of nitrogens with zero attached hydrogens (tertiary/aromatic N) is 1. The molecule has 7 heteroatoms. The minimum atomic E-state index is -0.661. The summed E-state index contributed by atoms with van der Waals surface area (Å²) in [6.07, 6.45) is 4.71. The van der Waals surface area contributed by atoms with E-state index in [1.165, 1.54) is 22.8 Å². The van der Waals surface area contributed by atoms with E-state index in [2.05, 4.69) is 5.32 Å². The van der Waals surface area contributed by atoms with Crippen LogP contribution in [-0.4, -0.2) is 22.8 Å². The molecule has 0 fully saturated rings. The number of hydrogen-bond acceptors (Lipinski definition) is 3. The number of rotatable bonds is 2. The third-order valence-electron chi connectivity index (χ3n) is 2.54. The first-order valence-corrected chi connectivity index (χ1v) is 6.69. The molecule has 1 aliphatic heterocycles. The van der Waals surface area contributed by atoms with Gasteiger partial charge >= 0.3 is 0 Å². The van der Waals surface area contributed by atoms with Crippen molar-refractivity contribution < 1.29 is 9.59 Å². The molecule has 0 radical (unpaired) electrons. The van der Waals surface area contributed by atoms with E-state index in [0.29, 0.717) is 6.54 Å². The third kappa shape index (κ3) is 3.33. The molecular formula is C13H9Cl3N2O2. The molecule has 1 aliphatic rings. The maximum Gasteiger partial charge on any atom is 0.261 e. The van der Waals surface area contributed by atoms with Crippen molar-refractivity contribution in [1.82, 2.24) is 9.74 Å². The Morgan fingerprint density at radius 1 is 1.15 bits per heavy atom. The summed E-state index contributed by atoms with van der Waals surface area (Å²) in [6.45, 7) is 0.489. The topological polar surface area (TPSA) is 49.4 Å². The predicted molar refractivity (Wildman–Crippen MR) is 78.7 cm³/mol. The first kappa shape index (κ1) is 14.9. The molecule has 0 saturated carbocycles. The molecule has 4 nitrogen and oxygen atoms in total. The smallest absolute Gasteiger partial charge is 0.261 e. The van der Waals surface area contributed by atoms with Crippen molar-refractivity contribution in [1.29, 1.82) is 0 Å². The summed E-state index contributed by atoms with van der Waals surface area (Å²) in [4.78, 5) is 23.9. The van der Waals surface area contributed by atoms with E-state index in [-0.39, 0.29) is 21.2 Å². The molecule has 2 rings (SSSR count). The molecule has 0 atom stereocenters. The number of benzene rings is 1. The van der Waals surface area contributed by atoms with Crippen molar-refractivity contribution in [2.75, 3.05) is 6.54 Å². The highest BCUT2D eigenvalue weighted by Crippen LogP contribution is 2.24. The van der Waals surface area contributed by atoms with Crippen LogP contribution in [0.2, 0.25) is 10.0 Å². The number of amides is 2. The van der Waals surface area contributed by atoms with Gasteiger partial charge in [0.2, 0.25) is 0 Å². The lowest BCUT2D eigenvalue weighted by Gasteiger charge is -2.14. The van der Waals surface area contributed by atoms with Crippen molar-refractivity contribution in [2.24, 2.45) is 0 Å². The first-order valence-electron chi connectivity index (χ1n) is 5.59. The molecule has 104 valence electrons. The van der Waals surface area contributed by atoms with Crippen molar-refractivity contribution in [2.45, 2.75) is 0 Å². The number of imide groups is 1. The molecule has 0 unspecified atom stereocenters. The summed E-state index contributed by atoms with van der Waals surface area (Å²) in [5.41, 5.74) is 0.329. The fourth-order valence-corrected chi connectivity index (χ4v) is 2.37. The van der Waals surface area contributed by atoms with Crippen LogP contribution in [0.15, 0.2) is 42.1 Å². The monoisotopic (exact) mass is 330 g/mol. The lowest BCUT2D eigenvalue weighted by molar-refractivity contribution is -0.116. The summed E-state index contributed by atoms with van der Waals surface area (Å²) in [5.74, 6) is -1.24. The van der Waals surface area contributed by atoms with Crippen LogP contribution < -0.4 is 5.32 Å². The van der Waals surface area contributed by atoms with Gasteiger partial charge in [-0.1, -0.05) is 41.4 Å². The normalized spacial score (nSPS) is 13.9. The molecule has 0 aliphatic carbocycles. The van der Waals surface area contributed by atoms with Gasteiger partial charge in [0, 0.05) is 18.0 Å². The lowest BCUT2D eigenvalue weighted by Crippen LogP contribution is -2.32. The molecule has 2 amide bonds. The van der Waals surface area contributed by atoms with Gasteiger partial charge in [-0.15, -0.1) is 0 Å². The van der Waals surface area contributed by atoms with Gasteiger partial charge < -0.3 is 0 Å². The second-order valence-electron chi connectivity index (χ2n) is 3.95. The zero-order valence-electron chi connectivity index (χ0n) is 10.1. The van der Waals surface area contributed by atoms with E-state index in [9.17, 15) is 9.59 Å². The largest absolute Gasteiger partial charge is 0.288 e. The predicted octanol–water partition coefficient (Wildman–Crippen LogP) is 3.16. The van der Waals surface area contributed by atoms with E-state index in [1.54, 1.807) is 18.2 Å². The highest BCUT2D eigenvalue weighted by atomic mass is 35.5. The Labute approximate surface area is 130 Å². The Morgan fingerprint density at radius 3 is 2.40 bits per heavy atom. The number of carbonyl (C=O) groups excluding carboxylic acids is 2. The highest BCUT2D eigenvalue weighted by molar-refractivity contribution is 6.40. The molecule has 0 saturated heterocycles. The van der Waals surface area contributed by atoms with Gasteiger partial charge in [0.15, 0.2) is 0 Å². The Bertz CT molecular complexity index is 606. The van der Waals surface area contributed by atoms with Gasteiger partial charge in [-0.3, -0.25) is 19.3 Å². The van der Waals surface area contributed by atoms with Crippen LogP contribution in [0.1, 0.15) is 10.4 Å². The fourth-order valence-electron chi connectivity index (χ4n) is 1.61. The number of nitrogens with one attached hydrogen (secondary N) is 1. The second-order valence-corrected chi connectivity index (χ2v) is 5.20. The quantitative estimate of drug-likeness (QED) is 0.669. The summed E-state index contributed by atoms with van der Waals surface area (Å²) < 4.78 is 1.31. The Hall–Kier alpha value is -1.49. The number of hydrogen-bond donors (Lipinski definition) is 1. The Kier molecular flexibility index (Phi) is 4.70. The van der Waals surface area contributed by atoms with E-state index in [4.69, 9.17) is 35.0 Å². The van der Waals surface area contributed by atoms with Gasteiger partial charge in [-0.25, -0.2) is 0 Å². The van der Waals surface area contributed by atoms with Gasteiger partial charge in [0.25, 0.3) is 11.8 Å². The molecule has 0 spiro atoms. The first-order chi connectivity index (χ1) is 9.49. The molecule has 1 N–H and O–H groups in total. The number of halogens is 3. The Balaban J connectivity index is 2.16. The molecule has 0 bridgehead atoms. The van der Waals surface area contributed by atoms with E-state index in [1.807, 2.05) is 0 Å². The molecule has 1 aromatic rings. The average molecular weight is 332 g/mol. The van der Waals surface area contributed by atoms with Crippen LogP contribution in [0.3, 0.4) is 0 Å². The SMILES string of the molecule is O=C(NC(=O)c1c(Cl)cccc1Cl)C1=CN(Cl)CC=C1.